The Morgan fingerprint density at radius 2 is 2.08 bits per heavy atom. The second kappa shape index (κ2) is 8.24. The summed E-state index contributed by atoms with van der Waals surface area (Å²) < 4.78 is 16.1. The molecule has 134 valence electrons. The summed E-state index contributed by atoms with van der Waals surface area (Å²) in [7, 11) is 3.34. The molecule has 1 aliphatic heterocycles. The summed E-state index contributed by atoms with van der Waals surface area (Å²) in [5.74, 6) is 2.43. The van der Waals surface area contributed by atoms with Gasteiger partial charge in [0.05, 0.1) is 40.0 Å². The number of aliphatic imine (C=N–C) groups is 1. The van der Waals surface area contributed by atoms with Crippen LogP contribution in [0.15, 0.2) is 23.2 Å². The molecule has 1 unspecified atom stereocenters. The van der Waals surface area contributed by atoms with E-state index in [1.54, 1.807) is 14.2 Å². The van der Waals surface area contributed by atoms with Gasteiger partial charge in [-0.05, 0) is 32.0 Å². The Morgan fingerprint density at radius 1 is 1.33 bits per heavy atom. The first-order chi connectivity index (χ1) is 11.5. The number of hydrogen-bond acceptors (Lipinski definition) is 4. The van der Waals surface area contributed by atoms with Gasteiger partial charge in [-0.25, -0.2) is 0 Å². The van der Waals surface area contributed by atoms with Crippen LogP contribution in [0.1, 0.15) is 32.4 Å². The second-order valence-corrected chi connectivity index (χ2v) is 6.47. The average Bonchev–Trinajstić information content (AvgIpc) is 2.57. The first-order valence-corrected chi connectivity index (χ1v) is 8.36. The number of guanidine groups is 1. The summed E-state index contributed by atoms with van der Waals surface area (Å²) in [4.78, 5) is 4.71. The highest BCUT2D eigenvalue weighted by Crippen LogP contribution is 2.29. The fourth-order valence-electron chi connectivity index (χ4n) is 2.59. The molecule has 1 saturated heterocycles. The Bertz CT molecular complexity index is 571. The van der Waals surface area contributed by atoms with Crippen LogP contribution in [0.3, 0.4) is 0 Å². The van der Waals surface area contributed by atoms with Crippen molar-refractivity contribution in [2.45, 2.75) is 26.8 Å². The van der Waals surface area contributed by atoms with Crippen LogP contribution in [-0.4, -0.2) is 46.5 Å². The van der Waals surface area contributed by atoms with Crippen molar-refractivity contribution in [3.8, 4) is 11.5 Å². The summed E-state index contributed by atoms with van der Waals surface area (Å²) in [6, 6.07) is 5.83. The highest BCUT2D eigenvalue weighted by atomic mass is 16.5. The van der Waals surface area contributed by atoms with E-state index in [1.165, 1.54) is 0 Å². The van der Waals surface area contributed by atoms with Gasteiger partial charge in [-0.1, -0.05) is 6.92 Å². The van der Waals surface area contributed by atoms with E-state index in [-0.39, 0.29) is 11.5 Å². The summed E-state index contributed by atoms with van der Waals surface area (Å²) >= 11 is 0. The average molecular weight is 335 g/mol. The molecule has 1 aromatic carbocycles. The first kappa shape index (κ1) is 18.4. The zero-order valence-electron chi connectivity index (χ0n) is 15.3. The van der Waals surface area contributed by atoms with Gasteiger partial charge in [0.2, 0.25) is 0 Å². The highest BCUT2D eigenvalue weighted by molar-refractivity contribution is 5.80. The molecule has 1 aromatic rings. The monoisotopic (exact) mass is 335 g/mol. The zero-order valence-corrected chi connectivity index (χ0v) is 15.3. The third kappa shape index (κ3) is 4.54. The van der Waals surface area contributed by atoms with Gasteiger partial charge in [-0.3, -0.25) is 4.99 Å². The molecule has 2 N–H and O–H groups in total. The van der Waals surface area contributed by atoms with E-state index in [0.717, 1.165) is 49.3 Å². The summed E-state index contributed by atoms with van der Waals surface area (Å²) in [6.45, 7) is 9.42. The number of rotatable bonds is 7. The molecule has 24 heavy (non-hydrogen) atoms. The van der Waals surface area contributed by atoms with Gasteiger partial charge in [-0.2, -0.15) is 0 Å². The SMILES string of the molecule is CCNC(=NCC1(C)COC1)NC(C)c1cc(OC)ccc1OC. The van der Waals surface area contributed by atoms with E-state index < -0.39 is 0 Å². The van der Waals surface area contributed by atoms with Gasteiger partial charge >= 0.3 is 0 Å². The number of nitrogens with zero attached hydrogens (tertiary/aromatic N) is 1. The smallest absolute Gasteiger partial charge is 0.191 e. The highest BCUT2D eigenvalue weighted by Gasteiger charge is 2.33. The van der Waals surface area contributed by atoms with E-state index in [2.05, 4.69) is 31.4 Å². The van der Waals surface area contributed by atoms with Crippen molar-refractivity contribution in [2.75, 3.05) is 40.5 Å². The molecule has 0 amide bonds. The lowest BCUT2D eigenvalue weighted by Crippen LogP contribution is -2.44. The van der Waals surface area contributed by atoms with E-state index in [4.69, 9.17) is 19.2 Å². The maximum Gasteiger partial charge on any atom is 0.191 e. The number of ether oxygens (including phenoxy) is 3. The van der Waals surface area contributed by atoms with E-state index in [9.17, 15) is 0 Å². The van der Waals surface area contributed by atoms with Gasteiger partial charge in [0.15, 0.2) is 5.96 Å². The molecule has 0 radical (unpaired) electrons. The van der Waals surface area contributed by atoms with Gasteiger partial charge in [0.1, 0.15) is 11.5 Å². The van der Waals surface area contributed by atoms with E-state index in [0.29, 0.717) is 0 Å². The molecule has 1 aliphatic rings. The maximum absolute atomic E-state index is 5.48. The van der Waals surface area contributed by atoms with Crippen molar-refractivity contribution in [2.24, 2.45) is 10.4 Å². The second-order valence-electron chi connectivity index (χ2n) is 6.47. The van der Waals surface area contributed by atoms with Crippen molar-refractivity contribution in [3.05, 3.63) is 23.8 Å². The molecule has 0 aromatic heterocycles. The van der Waals surface area contributed by atoms with Crippen LogP contribution in [0.25, 0.3) is 0 Å². The fourth-order valence-corrected chi connectivity index (χ4v) is 2.59. The molecule has 1 fully saturated rings. The fraction of sp³-hybridized carbons (Fsp3) is 0.611. The maximum atomic E-state index is 5.48. The van der Waals surface area contributed by atoms with Crippen LogP contribution >= 0.6 is 0 Å². The molecule has 1 heterocycles. The van der Waals surface area contributed by atoms with Crippen molar-refractivity contribution >= 4 is 5.96 Å². The third-order valence-electron chi connectivity index (χ3n) is 4.12. The Morgan fingerprint density at radius 3 is 2.62 bits per heavy atom. The van der Waals surface area contributed by atoms with Crippen molar-refractivity contribution < 1.29 is 14.2 Å². The Hall–Kier alpha value is -1.95. The Kier molecular flexibility index (Phi) is 6.31. The lowest BCUT2D eigenvalue weighted by atomic mass is 9.89. The van der Waals surface area contributed by atoms with Crippen LogP contribution in [0.4, 0.5) is 0 Å². The Balaban J connectivity index is 2.11. The molecule has 1 atom stereocenters. The largest absolute Gasteiger partial charge is 0.497 e. The van der Waals surface area contributed by atoms with Crippen molar-refractivity contribution in [1.29, 1.82) is 0 Å². The minimum atomic E-state index is 0.0262. The molecule has 2 rings (SSSR count). The molecular formula is C18H29N3O3. The molecular weight excluding hydrogens is 306 g/mol. The molecule has 0 bridgehead atoms. The van der Waals surface area contributed by atoms with Crippen LogP contribution in [0.2, 0.25) is 0 Å². The summed E-state index contributed by atoms with van der Waals surface area (Å²) in [5, 5.41) is 6.74. The van der Waals surface area contributed by atoms with Gasteiger partial charge in [0.25, 0.3) is 0 Å². The number of benzene rings is 1. The van der Waals surface area contributed by atoms with Crippen molar-refractivity contribution in [1.82, 2.24) is 10.6 Å². The molecule has 6 heteroatoms. The quantitative estimate of drug-likeness (QED) is 0.591. The van der Waals surface area contributed by atoms with Gasteiger partial charge in [-0.15, -0.1) is 0 Å². The number of nitrogens with one attached hydrogen (secondary N) is 2. The van der Waals surface area contributed by atoms with Crippen LogP contribution < -0.4 is 20.1 Å². The van der Waals surface area contributed by atoms with Crippen LogP contribution in [0.5, 0.6) is 11.5 Å². The normalized spacial score (nSPS) is 17.6. The van der Waals surface area contributed by atoms with Crippen LogP contribution in [-0.2, 0) is 4.74 Å². The minimum absolute atomic E-state index is 0.0262. The third-order valence-corrected chi connectivity index (χ3v) is 4.12. The minimum Gasteiger partial charge on any atom is -0.497 e. The molecule has 0 spiro atoms. The predicted molar refractivity (Wildman–Crippen MR) is 96.0 cm³/mol. The zero-order chi connectivity index (χ0) is 17.6. The standard InChI is InChI=1S/C18H29N3O3/c1-6-19-17(20-10-18(3)11-24-12-18)21-13(2)15-9-14(22-4)7-8-16(15)23-5/h7-9,13H,6,10-12H2,1-5H3,(H2,19,20,21). The topological polar surface area (TPSA) is 64.1 Å². The van der Waals surface area contributed by atoms with Crippen molar-refractivity contribution in [3.63, 3.8) is 0 Å². The van der Waals surface area contributed by atoms with E-state index in [1.807, 2.05) is 18.2 Å². The lowest BCUT2D eigenvalue weighted by Gasteiger charge is -2.36. The number of methoxy groups -OCH3 is 2. The Labute approximate surface area is 144 Å². The van der Waals surface area contributed by atoms with Crippen LogP contribution in [0, 0.1) is 5.41 Å². The molecule has 0 aliphatic carbocycles. The van der Waals surface area contributed by atoms with Gasteiger partial charge in [0, 0.05) is 17.5 Å². The summed E-state index contributed by atoms with van der Waals surface area (Å²) in [5.41, 5.74) is 1.18. The summed E-state index contributed by atoms with van der Waals surface area (Å²) in [6.07, 6.45) is 0. The predicted octanol–water partition coefficient (Wildman–Crippen LogP) is 2.36. The molecule has 6 nitrogen and oxygen atoms in total. The molecule has 0 saturated carbocycles. The number of hydrogen-bond donors (Lipinski definition) is 2. The van der Waals surface area contributed by atoms with Gasteiger partial charge < -0.3 is 24.8 Å². The lowest BCUT2D eigenvalue weighted by molar-refractivity contribution is -0.0945. The first-order valence-electron chi connectivity index (χ1n) is 8.36. The van der Waals surface area contributed by atoms with E-state index >= 15 is 0 Å².